The zero-order valence-electron chi connectivity index (χ0n) is 11.4. The standard InChI is InChI=1S/C13H15N3O4/c1-13(2,3)20-12(19)14-10-9(11(17)18)8-6-4-5-7-16(8)15-10/h4-7H,1-3H3,(H,17,18)(H,14,15,19). The molecule has 1 amide bonds. The van der Waals surface area contributed by atoms with Crippen molar-refractivity contribution < 1.29 is 19.4 Å². The van der Waals surface area contributed by atoms with E-state index < -0.39 is 17.7 Å². The minimum atomic E-state index is -1.17. The van der Waals surface area contributed by atoms with Crippen molar-refractivity contribution in [2.75, 3.05) is 5.32 Å². The first kappa shape index (κ1) is 13.9. The Hall–Kier alpha value is -2.57. The van der Waals surface area contributed by atoms with Crippen LogP contribution in [0.4, 0.5) is 10.6 Å². The summed E-state index contributed by atoms with van der Waals surface area (Å²) < 4.78 is 6.47. The quantitative estimate of drug-likeness (QED) is 0.879. The molecule has 0 radical (unpaired) electrons. The Labute approximate surface area is 115 Å². The van der Waals surface area contributed by atoms with Crippen LogP contribution < -0.4 is 5.32 Å². The van der Waals surface area contributed by atoms with Crippen molar-refractivity contribution in [3.63, 3.8) is 0 Å². The van der Waals surface area contributed by atoms with Gasteiger partial charge in [-0.2, -0.15) is 0 Å². The highest BCUT2D eigenvalue weighted by Crippen LogP contribution is 2.21. The highest BCUT2D eigenvalue weighted by molar-refractivity contribution is 6.03. The fourth-order valence-corrected chi connectivity index (χ4v) is 1.70. The van der Waals surface area contributed by atoms with E-state index in [0.717, 1.165) is 0 Å². The maximum atomic E-state index is 11.7. The van der Waals surface area contributed by atoms with Gasteiger partial charge in [0.25, 0.3) is 0 Å². The highest BCUT2D eigenvalue weighted by Gasteiger charge is 2.23. The minimum absolute atomic E-state index is 0.0436. The summed E-state index contributed by atoms with van der Waals surface area (Å²) >= 11 is 0. The lowest BCUT2D eigenvalue weighted by Crippen LogP contribution is -2.27. The summed E-state index contributed by atoms with van der Waals surface area (Å²) in [7, 11) is 0. The van der Waals surface area contributed by atoms with Gasteiger partial charge < -0.3 is 9.84 Å². The minimum Gasteiger partial charge on any atom is -0.477 e. The molecule has 0 bridgehead atoms. The van der Waals surface area contributed by atoms with Crippen LogP contribution >= 0.6 is 0 Å². The van der Waals surface area contributed by atoms with Gasteiger partial charge in [0.1, 0.15) is 11.2 Å². The van der Waals surface area contributed by atoms with Crippen LogP contribution in [0.25, 0.3) is 5.52 Å². The number of carbonyl (C=O) groups excluding carboxylic acids is 1. The molecule has 20 heavy (non-hydrogen) atoms. The Morgan fingerprint density at radius 2 is 2.05 bits per heavy atom. The Morgan fingerprint density at radius 1 is 1.35 bits per heavy atom. The van der Waals surface area contributed by atoms with Crippen molar-refractivity contribution >= 4 is 23.4 Å². The van der Waals surface area contributed by atoms with Crippen LogP contribution in [0.2, 0.25) is 0 Å². The van der Waals surface area contributed by atoms with Gasteiger partial charge in [0.15, 0.2) is 5.82 Å². The van der Waals surface area contributed by atoms with Gasteiger partial charge in [0.2, 0.25) is 0 Å². The van der Waals surface area contributed by atoms with Crippen molar-refractivity contribution in [2.45, 2.75) is 26.4 Å². The third kappa shape index (κ3) is 2.87. The number of hydrogen-bond donors (Lipinski definition) is 2. The van der Waals surface area contributed by atoms with Gasteiger partial charge in [-0.15, -0.1) is 5.10 Å². The second-order valence-electron chi connectivity index (χ2n) is 5.19. The molecule has 7 heteroatoms. The van der Waals surface area contributed by atoms with E-state index in [0.29, 0.717) is 5.52 Å². The first-order valence-corrected chi connectivity index (χ1v) is 5.98. The van der Waals surface area contributed by atoms with Crippen LogP contribution in [0, 0.1) is 0 Å². The summed E-state index contributed by atoms with van der Waals surface area (Å²) in [5.74, 6) is -1.21. The molecule has 2 aromatic rings. The highest BCUT2D eigenvalue weighted by atomic mass is 16.6. The maximum absolute atomic E-state index is 11.7. The Kier molecular flexibility index (Phi) is 3.35. The third-order valence-corrected chi connectivity index (χ3v) is 2.37. The van der Waals surface area contributed by atoms with Crippen LogP contribution in [0.3, 0.4) is 0 Å². The van der Waals surface area contributed by atoms with Crippen molar-refractivity contribution in [1.82, 2.24) is 9.61 Å². The second-order valence-corrected chi connectivity index (χ2v) is 5.19. The SMILES string of the molecule is CC(C)(C)OC(=O)Nc1nn2ccccc2c1C(=O)O. The summed E-state index contributed by atoms with van der Waals surface area (Å²) in [4.78, 5) is 23.0. The Bertz CT molecular complexity index is 670. The summed E-state index contributed by atoms with van der Waals surface area (Å²) in [6.07, 6.45) is 0.852. The smallest absolute Gasteiger partial charge is 0.413 e. The first-order chi connectivity index (χ1) is 9.28. The number of nitrogens with one attached hydrogen (secondary N) is 1. The molecule has 2 N–H and O–H groups in total. The average Bonchev–Trinajstić information content (AvgIpc) is 2.63. The van der Waals surface area contributed by atoms with Crippen LogP contribution in [-0.4, -0.2) is 32.4 Å². The van der Waals surface area contributed by atoms with Crippen molar-refractivity contribution in [1.29, 1.82) is 0 Å². The number of carboxylic acids is 1. The molecule has 0 aliphatic rings. The van der Waals surface area contributed by atoms with Crippen LogP contribution in [0.1, 0.15) is 31.1 Å². The third-order valence-electron chi connectivity index (χ3n) is 2.37. The van der Waals surface area contributed by atoms with Gasteiger partial charge >= 0.3 is 12.1 Å². The number of carbonyl (C=O) groups is 2. The van der Waals surface area contributed by atoms with E-state index in [1.54, 1.807) is 45.2 Å². The van der Waals surface area contributed by atoms with E-state index in [1.807, 2.05) is 0 Å². The van der Waals surface area contributed by atoms with Crippen LogP contribution in [0.5, 0.6) is 0 Å². The number of aromatic carboxylic acids is 1. The summed E-state index contributed by atoms with van der Waals surface area (Å²) in [6.45, 7) is 5.15. The first-order valence-electron chi connectivity index (χ1n) is 5.98. The molecule has 0 saturated carbocycles. The molecule has 0 aliphatic heterocycles. The van der Waals surface area contributed by atoms with E-state index in [1.165, 1.54) is 4.52 Å². The molecule has 2 heterocycles. The largest absolute Gasteiger partial charge is 0.477 e. The second kappa shape index (κ2) is 4.84. The van der Waals surface area contributed by atoms with E-state index in [9.17, 15) is 14.7 Å². The van der Waals surface area contributed by atoms with Gasteiger partial charge in [-0.3, -0.25) is 5.32 Å². The van der Waals surface area contributed by atoms with Crippen molar-refractivity contribution in [3.8, 4) is 0 Å². The van der Waals surface area contributed by atoms with Gasteiger partial charge in [-0.25, -0.2) is 14.1 Å². The molecule has 0 saturated heterocycles. The number of carboxylic acid groups (broad SMARTS) is 1. The summed E-state index contributed by atoms with van der Waals surface area (Å²) in [5, 5.41) is 15.6. The molecule has 0 unspecified atom stereocenters. The zero-order valence-corrected chi connectivity index (χ0v) is 11.4. The van der Waals surface area contributed by atoms with E-state index in [4.69, 9.17) is 4.74 Å². The van der Waals surface area contributed by atoms with E-state index >= 15 is 0 Å². The van der Waals surface area contributed by atoms with Crippen molar-refractivity contribution in [3.05, 3.63) is 30.0 Å². The molecule has 0 fully saturated rings. The fraction of sp³-hybridized carbons (Fsp3) is 0.308. The normalized spacial score (nSPS) is 11.3. The molecule has 7 nitrogen and oxygen atoms in total. The predicted octanol–water partition coefficient (Wildman–Crippen LogP) is 2.38. The molecule has 0 atom stereocenters. The van der Waals surface area contributed by atoms with Gasteiger partial charge in [-0.05, 0) is 32.9 Å². The molecule has 2 aromatic heterocycles. The number of hydrogen-bond acceptors (Lipinski definition) is 4. The topological polar surface area (TPSA) is 92.9 Å². The number of fused-ring (bicyclic) bond motifs is 1. The Morgan fingerprint density at radius 3 is 2.65 bits per heavy atom. The molecule has 0 spiro atoms. The fourth-order valence-electron chi connectivity index (χ4n) is 1.70. The summed E-state index contributed by atoms with van der Waals surface area (Å²) in [5.41, 5.74) is -0.352. The molecular formula is C13H15N3O4. The molecule has 0 aromatic carbocycles. The number of aromatic nitrogens is 2. The van der Waals surface area contributed by atoms with E-state index in [-0.39, 0.29) is 11.4 Å². The molecule has 2 rings (SSSR count). The molecule has 106 valence electrons. The monoisotopic (exact) mass is 277 g/mol. The molecule has 0 aliphatic carbocycles. The lowest BCUT2D eigenvalue weighted by molar-refractivity contribution is 0.0635. The summed E-state index contributed by atoms with van der Waals surface area (Å²) in [6, 6.07) is 5.01. The number of pyridine rings is 1. The zero-order chi connectivity index (χ0) is 14.9. The molecular weight excluding hydrogens is 262 g/mol. The number of ether oxygens (including phenoxy) is 1. The van der Waals surface area contributed by atoms with Gasteiger partial charge in [-0.1, -0.05) is 6.07 Å². The van der Waals surface area contributed by atoms with Gasteiger partial charge in [0.05, 0.1) is 5.52 Å². The lowest BCUT2D eigenvalue weighted by atomic mass is 10.2. The average molecular weight is 277 g/mol. The Balaban J connectivity index is 2.37. The van der Waals surface area contributed by atoms with E-state index in [2.05, 4.69) is 10.4 Å². The number of nitrogens with zero attached hydrogens (tertiary/aromatic N) is 2. The van der Waals surface area contributed by atoms with Crippen LogP contribution in [0.15, 0.2) is 24.4 Å². The van der Waals surface area contributed by atoms with Gasteiger partial charge in [0, 0.05) is 6.20 Å². The number of amides is 1. The lowest BCUT2D eigenvalue weighted by Gasteiger charge is -2.19. The van der Waals surface area contributed by atoms with Crippen molar-refractivity contribution in [2.24, 2.45) is 0 Å². The maximum Gasteiger partial charge on any atom is 0.413 e. The number of anilines is 1. The number of rotatable bonds is 2. The van der Waals surface area contributed by atoms with Crippen LogP contribution in [-0.2, 0) is 4.74 Å². The predicted molar refractivity (Wildman–Crippen MR) is 72.0 cm³/mol.